The molecule has 0 fully saturated rings. The number of benzene rings is 2. The number of carbonyl (C=O) groups is 1. The van der Waals surface area contributed by atoms with Crippen molar-refractivity contribution in [2.75, 3.05) is 5.32 Å². The Morgan fingerprint density at radius 3 is 2.52 bits per heavy atom. The number of carbonyl (C=O) groups excluding carboxylic acids is 1. The van der Waals surface area contributed by atoms with Crippen molar-refractivity contribution in [1.82, 2.24) is 9.78 Å². The van der Waals surface area contributed by atoms with Gasteiger partial charge in [0.2, 0.25) is 0 Å². The highest BCUT2D eigenvalue weighted by molar-refractivity contribution is 6.18. The number of fused-ring (bicyclic) bond motifs is 1. The lowest BCUT2D eigenvalue weighted by Gasteiger charge is -2.20. The lowest BCUT2D eigenvalue weighted by atomic mass is 10.1. The van der Waals surface area contributed by atoms with Gasteiger partial charge in [-0.1, -0.05) is 30.3 Å². The second kappa shape index (κ2) is 6.76. The summed E-state index contributed by atoms with van der Waals surface area (Å²) in [6.07, 6.45) is -0.525. The number of anilines is 1. The second-order valence-corrected chi connectivity index (χ2v) is 6.94. The molecule has 0 atom stereocenters. The molecule has 130 valence electrons. The van der Waals surface area contributed by atoms with Crippen LogP contribution in [-0.4, -0.2) is 21.5 Å². The third-order valence-electron chi connectivity index (χ3n) is 3.55. The van der Waals surface area contributed by atoms with E-state index in [-0.39, 0.29) is 0 Å². The number of amides is 1. The van der Waals surface area contributed by atoms with Crippen LogP contribution in [0.1, 0.15) is 26.3 Å². The summed E-state index contributed by atoms with van der Waals surface area (Å²) in [5.41, 5.74) is 1.91. The minimum Gasteiger partial charge on any atom is -0.444 e. The smallest absolute Gasteiger partial charge is 0.413 e. The molecule has 2 aromatic carbocycles. The fourth-order valence-electron chi connectivity index (χ4n) is 2.55. The molecule has 6 heteroatoms. The third kappa shape index (κ3) is 3.77. The van der Waals surface area contributed by atoms with Crippen LogP contribution in [0, 0.1) is 0 Å². The molecule has 1 N–H and O–H groups in total. The van der Waals surface area contributed by atoms with Gasteiger partial charge in [0.1, 0.15) is 11.4 Å². The van der Waals surface area contributed by atoms with Gasteiger partial charge in [-0.25, -0.2) is 9.48 Å². The number of ether oxygens (including phenoxy) is 1. The molecule has 3 aromatic rings. The van der Waals surface area contributed by atoms with E-state index in [9.17, 15) is 4.79 Å². The van der Waals surface area contributed by atoms with Gasteiger partial charge in [-0.3, -0.25) is 5.32 Å². The Morgan fingerprint density at radius 2 is 1.88 bits per heavy atom. The standard InChI is InChI=1S/C19H20ClN3O2/c1-19(2,3)25-18(24)21-17-15-11-7-8-13(12-20)16(15)22-23(17)14-9-5-4-6-10-14/h4-11H,12H2,1-3H3,(H,21,24). The van der Waals surface area contributed by atoms with Gasteiger partial charge < -0.3 is 4.74 Å². The molecule has 0 spiro atoms. The Bertz CT molecular complexity index is 898. The number of para-hydroxylation sites is 1. The van der Waals surface area contributed by atoms with Crippen LogP contribution < -0.4 is 5.32 Å². The molecule has 1 aromatic heterocycles. The maximum atomic E-state index is 12.3. The van der Waals surface area contributed by atoms with Gasteiger partial charge in [-0.05, 0) is 44.5 Å². The van der Waals surface area contributed by atoms with Crippen LogP contribution in [0.15, 0.2) is 48.5 Å². The Kier molecular flexibility index (Phi) is 4.68. The first-order valence-corrected chi connectivity index (χ1v) is 8.54. The Labute approximate surface area is 151 Å². The van der Waals surface area contributed by atoms with Crippen LogP contribution in [-0.2, 0) is 10.6 Å². The van der Waals surface area contributed by atoms with Crippen molar-refractivity contribution in [3.05, 3.63) is 54.1 Å². The van der Waals surface area contributed by atoms with E-state index >= 15 is 0 Å². The van der Waals surface area contributed by atoms with Gasteiger partial charge in [0, 0.05) is 11.3 Å². The number of nitrogens with zero attached hydrogens (tertiary/aromatic N) is 2. The Hall–Kier alpha value is -2.53. The van der Waals surface area contributed by atoms with Gasteiger partial charge in [0.25, 0.3) is 0 Å². The van der Waals surface area contributed by atoms with E-state index in [2.05, 4.69) is 10.4 Å². The number of hydrogen-bond donors (Lipinski definition) is 1. The van der Waals surface area contributed by atoms with E-state index in [1.807, 2.05) is 69.3 Å². The van der Waals surface area contributed by atoms with Crippen molar-refractivity contribution in [3.8, 4) is 5.69 Å². The summed E-state index contributed by atoms with van der Waals surface area (Å²) in [6, 6.07) is 15.3. The van der Waals surface area contributed by atoms with Crippen LogP contribution in [0.5, 0.6) is 0 Å². The number of alkyl halides is 1. The molecule has 0 bridgehead atoms. The number of hydrogen-bond acceptors (Lipinski definition) is 3. The molecule has 25 heavy (non-hydrogen) atoms. The van der Waals surface area contributed by atoms with Crippen molar-refractivity contribution in [2.24, 2.45) is 0 Å². The number of halogens is 1. The van der Waals surface area contributed by atoms with Gasteiger partial charge in [-0.2, -0.15) is 5.10 Å². The molecule has 3 rings (SSSR count). The van der Waals surface area contributed by atoms with Crippen molar-refractivity contribution < 1.29 is 9.53 Å². The number of aromatic nitrogens is 2. The average Bonchev–Trinajstić information content (AvgIpc) is 2.92. The lowest BCUT2D eigenvalue weighted by molar-refractivity contribution is 0.0635. The lowest BCUT2D eigenvalue weighted by Crippen LogP contribution is -2.28. The molecule has 0 aliphatic rings. The van der Waals surface area contributed by atoms with Crippen molar-refractivity contribution in [1.29, 1.82) is 0 Å². The molecule has 1 heterocycles. The van der Waals surface area contributed by atoms with Gasteiger partial charge >= 0.3 is 6.09 Å². The predicted molar refractivity (Wildman–Crippen MR) is 100 cm³/mol. The first kappa shape index (κ1) is 17.3. The quantitative estimate of drug-likeness (QED) is 0.662. The summed E-state index contributed by atoms with van der Waals surface area (Å²) >= 11 is 6.05. The zero-order valence-corrected chi connectivity index (χ0v) is 15.2. The molecule has 0 saturated carbocycles. The Balaban J connectivity index is 2.12. The summed E-state index contributed by atoms with van der Waals surface area (Å²) < 4.78 is 7.09. The van der Waals surface area contributed by atoms with E-state index in [0.29, 0.717) is 11.7 Å². The molecule has 0 aliphatic heterocycles. The minimum atomic E-state index is -0.585. The molecule has 5 nitrogen and oxygen atoms in total. The molecule has 0 aliphatic carbocycles. The summed E-state index contributed by atoms with van der Waals surface area (Å²) in [4.78, 5) is 12.3. The first-order chi connectivity index (χ1) is 11.9. The SMILES string of the molecule is CC(C)(C)OC(=O)Nc1c2cccc(CCl)c2nn1-c1ccccc1. The number of rotatable bonds is 3. The summed E-state index contributed by atoms with van der Waals surface area (Å²) in [5, 5.41) is 8.31. The maximum absolute atomic E-state index is 12.3. The van der Waals surface area contributed by atoms with Crippen LogP contribution in [0.25, 0.3) is 16.6 Å². The van der Waals surface area contributed by atoms with E-state index in [1.165, 1.54) is 0 Å². The third-order valence-corrected chi connectivity index (χ3v) is 3.84. The summed E-state index contributed by atoms with van der Waals surface area (Å²) in [5.74, 6) is 0.900. The maximum Gasteiger partial charge on any atom is 0.413 e. The molecule has 0 unspecified atom stereocenters. The summed E-state index contributed by atoms with van der Waals surface area (Å²) in [6.45, 7) is 5.47. The highest BCUT2D eigenvalue weighted by atomic mass is 35.5. The molecule has 0 saturated heterocycles. The highest BCUT2D eigenvalue weighted by Gasteiger charge is 2.21. The zero-order chi connectivity index (χ0) is 18.0. The van der Waals surface area contributed by atoms with Crippen LogP contribution in [0.2, 0.25) is 0 Å². The van der Waals surface area contributed by atoms with E-state index in [1.54, 1.807) is 4.68 Å². The molecule has 0 radical (unpaired) electrons. The summed E-state index contributed by atoms with van der Waals surface area (Å²) in [7, 11) is 0. The average molecular weight is 358 g/mol. The molecule has 1 amide bonds. The van der Waals surface area contributed by atoms with E-state index in [0.717, 1.165) is 22.2 Å². The van der Waals surface area contributed by atoms with Crippen LogP contribution >= 0.6 is 11.6 Å². The van der Waals surface area contributed by atoms with Crippen molar-refractivity contribution in [3.63, 3.8) is 0 Å². The monoisotopic (exact) mass is 357 g/mol. The predicted octanol–water partition coefficient (Wildman–Crippen LogP) is 5.11. The topological polar surface area (TPSA) is 56.1 Å². The fourth-order valence-corrected chi connectivity index (χ4v) is 2.76. The van der Waals surface area contributed by atoms with E-state index in [4.69, 9.17) is 16.3 Å². The highest BCUT2D eigenvalue weighted by Crippen LogP contribution is 2.29. The fraction of sp³-hybridized carbons (Fsp3) is 0.263. The first-order valence-electron chi connectivity index (χ1n) is 8.01. The largest absolute Gasteiger partial charge is 0.444 e. The van der Waals surface area contributed by atoms with Crippen molar-refractivity contribution in [2.45, 2.75) is 32.3 Å². The second-order valence-electron chi connectivity index (χ2n) is 6.67. The molecular weight excluding hydrogens is 338 g/mol. The zero-order valence-electron chi connectivity index (χ0n) is 14.4. The van der Waals surface area contributed by atoms with Gasteiger partial charge in [-0.15, -0.1) is 11.6 Å². The van der Waals surface area contributed by atoms with Gasteiger partial charge in [0.05, 0.1) is 11.2 Å². The van der Waals surface area contributed by atoms with Crippen molar-refractivity contribution >= 4 is 34.4 Å². The van der Waals surface area contributed by atoms with Crippen LogP contribution in [0.4, 0.5) is 10.6 Å². The van der Waals surface area contributed by atoms with E-state index < -0.39 is 11.7 Å². The number of nitrogens with one attached hydrogen (secondary N) is 1. The Morgan fingerprint density at radius 1 is 1.16 bits per heavy atom. The minimum absolute atomic E-state index is 0.342. The molecular formula is C19H20ClN3O2. The van der Waals surface area contributed by atoms with Crippen LogP contribution in [0.3, 0.4) is 0 Å². The normalized spacial score (nSPS) is 11.5. The van der Waals surface area contributed by atoms with Gasteiger partial charge in [0.15, 0.2) is 0 Å².